The summed E-state index contributed by atoms with van der Waals surface area (Å²) in [5, 5.41) is 3.60. The van der Waals surface area contributed by atoms with Crippen LogP contribution in [0.25, 0.3) is 10.2 Å². The highest BCUT2D eigenvalue weighted by atomic mass is 32.1. The molecule has 0 aliphatic heterocycles. The van der Waals surface area contributed by atoms with Gasteiger partial charge in [0, 0.05) is 16.8 Å². The molecule has 0 spiro atoms. The number of esters is 1. The fourth-order valence-electron chi connectivity index (χ4n) is 2.76. The number of nitrogens with one attached hydrogen (secondary N) is 1. The molecule has 0 saturated carbocycles. The number of aryl methyl sites for hydroxylation is 2. The molecule has 1 aromatic carbocycles. The minimum Gasteiger partial charge on any atom is -0.462 e. The number of carbonyl (C=O) groups is 2. The van der Waals surface area contributed by atoms with E-state index in [0.717, 1.165) is 21.5 Å². The Morgan fingerprint density at radius 1 is 1.27 bits per heavy atom. The second kappa shape index (κ2) is 7.13. The lowest BCUT2D eigenvalue weighted by Crippen LogP contribution is -2.13. The van der Waals surface area contributed by atoms with Crippen molar-refractivity contribution in [1.82, 2.24) is 4.98 Å². The smallest absolute Gasteiger partial charge is 0.338 e. The number of carbonyl (C=O) groups excluding carboxylic acids is 2. The van der Waals surface area contributed by atoms with Crippen LogP contribution in [0.3, 0.4) is 0 Å². The lowest BCUT2D eigenvalue weighted by molar-refractivity contribution is 0.0526. The summed E-state index contributed by atoms with van der Waals surface area (Å²) < 4.78 is 4.98. The Bertz CT molecular complexity index is 1010. The minimum atomic E-state index is -0.430. The molecule has 0 fully saturated rings. The maximum Gasteiger partial charge on any atom is 0.338 e. The van der Waals surface area contributed by atoms with Crippen LogP contribution in [0.5, 0.6) is 0 Å². The summed E-state index contributed by atoms with van der Waals surface area (Å²) in [4.78, 5) is 30.1. The molecule has 0 radical (unpaired) electrons. The number of hydrogen-bond donors (Lipinski definition) is 2. The maximum absolute atomic E-state index is 12.7. The van der Waals surface area contributed by atoms with Gasteiger partial charge in [-0.3, -0.25) is 4.79 Å². The first-order valence-corrected chi connectivity index (χ1v) is 8.97. The molecule has 3 aromatic rings. The first-order chi connectivity index (χ1) is 12.4. The molecule has 0 atom stereocenters. The van der Waals surface area contributed by atoms with Crippen molar-refractivity contribution in [2.45, 2.75) is 20.8 Å². The molecular formula is C19H19N3O3S. The van der Waals surface area contributed by atoms with Crippen molar-refractivity contribution in [3.63, 3.8) is 0 Å². The third-order valence-electron chi connectivity index (χ3n) is 3.86. The molecule has 0 bridgehead atoms. The van der Waals surface area contributed by atoms with Gasteiger partial charge in [-0.05, 0) is 50.6 Å². The van der Waals surface area contributed by atoms with Gasteiger partial charge in [0.1, 0.15) is 9.71 Å². The maximum atomic E-state index is 12.7. The Labute approximate surface area is 155 Å². The Hall–Kier alpha value is -2.93. The second-order valence-electron chi connectivity index (χ2n) is 5.86. The first-order valence-electron chi connectivity index (χ1n) is 8.15. The molecule has 6 nitrogen and oxygen atoms in total. The summed E-state index contributed by atoms with van der Waals surface area (Å²) >= 11 is 1.26. The summed E-state index contributed by atoms with van der Waals surface area (Å²) in [6, 6.07) is 8.55. The highest BCUT2D eigenvalue weighted by Gasteiger charge is 2.19. The van der Waals surface area contributed by atoms with Gasteiger partial charge in [0.25, 0.3) is 5.91 Å². The van der Waals surface area contributed by atoms with Gasteiger partial charge in [0.15, 0.2) is 0 Å². The van der Waals surface area contributed by atoms with Crippen LogP contribution < -0.4 is 11.1 Å². The molecule has 2 heterocycles. The number of fused-ring (bicyclic) bond motifs is 1. The van der Waals surface area contributed by atoms with Crippen molar-refractivity contribution < 1.29 is 14.3 Å². The Kier molecular flexibility index (Phi) is 4.90. The fraction of sp³-hybridized carbons (Fsp3) is 0.211. The van der Waals surface area contributed by atoms with Gasteiger partial charge in [0.05, 0.1) is 17.9 Å². The molecule has 0 aliphatic rings. The number of anilines is 2. The monoisotopic (exact) mass is 369 g/mol. The molecule has 3 rings (SSSR count). The van der Waals surface area contributed by atoms with Crippen LogP contribution in [0.2, 0.25) is 0 Å². The lowest BCUT2D eigenvalue weighted by atomic mass is 10.1. The summed E-state index contributed by atoms with van der Waals surface area (Å²) in [5.74, 6) is -0.760. The van der Waals surface area contributed by atoms with Crippen molar-refractivity contribution in [2.75, 3.05) is 17.7 Å². The third-order valence-corrected chi connectivity index (χ3v) is 4.96. The number of ether oxygens (including phenoxy) is 1. The number of nitrogen functional groups attached to an aromatic ring is 1. The zero-order valence-corrected chi connectivity index (χ0v) is 15.6. The fourth-order valence-corrected chi connectivity index (χ4v) is 3.88. The molecule has 2 aromatic heterocycles. The Balaban J connectivity index is 1.90. The second-order valence-corrected chi connectivity index (χ2v) is 6.86. The number of aromatic nitrogens is 1. The van der Waals surface area contributed by atoms with E-state index in [4.69, 9.17) is 10.5 Å². The first kappa shape index (κ1) is 17.9. The van der Waals surface area contributed by atoms with Gasteiger partial charge in [0.2, 0.25) is 0 Å². The molecule has 7 heteroatoms. The van der Waals surface area contributed by atoms with Crippen molar-refractivity contribution in [3.05, 3.63) is 52.0 Å². The van der Waals surface area contributed by atoms with Crippen LogP contribution in [-0.2, 0) is 4.74 Å². The summed E-state index contributed by atoms with van der Waals surface area (Å²) in [5.41, 5.74) is 9.37. The van der Waals surface area contributed by atoms with E-state index in [2.05, 4.69) is 10.3 Å². The normalized spacial score (nSPS) is 10.7. The zero-order chi connectivity index (χ0) is 18.8. The van der Waals surface area contributed by atoms with Gasteiger partial charge < -0.3 is 15.8 Å². The van der Waals surface area contributed by atoms with E-state index in [1.54, 1.807) is 31.2 Å². The quantitative estimate of drug-likeness (QED) is 0.680. The molecule has 1 amide bonds. The highest BCUT2D eigenvalue weighted by molar-refractivity contribution is 7.21. The highest BCUT2D eigenvalue weighted by Crippen LogP contribution is 2.35. The number of nitrogens with zero attached hydrogens (tertiary/aromatic N) is 1. The predicted octanol–water partition coefficient (Wildman–Crippen LogP) is 3.92. The van der Waals surface area contributed by atoms with Crippen LogP contribution >= 0.6 is 11.3 Å². The summed E-state index contributed by atoms with van der Waals surface area (Å²) in [6.07, 6.45) is 0. The lowest BCUT2D eigenvalue weighted by Gasteiger charge is -2.07. The van der Waals surface area contributed by atoms with Crippen LogP contribution in [0.15, 0.2) is 30.3 Å². The average Bonchev–Trinajstić information content (AvgIpc) is 2.92. The van der Waals surface area contributed by atoms with E-state index in [9.17, 15) is 9.59 Å². The van der Waals surface area contributed by atoms with E-state index in [1.165, 1.54) is 11.3 Å². The van der Waals surface area contributed by atoms with Gasteiger partial charge in [-0.25, -0.2) is 9.78 Å². The van der Waals surface area contributed by atoms with Crippen molar-refractivity contribution in [3.8, 4) is 0 Å². The molecule has 26 heavy (non-hydrogen) atoms. The number of nitrogens with two attached hydrogens (primary N) is 1. The van der Waals surface area contributed by atoms with Crippen molar-refractivity contribution in [2.24, 2.45) is 0 Å². The van der Waals surface area contributed by atoms with Gasteiger partial charge >= 0.3 is 5.97 Å². The van der Waals surface area contributed by atoms with Crippen LogP contribution in [0.4, 0.5) is 11.4 Å². The minimum absolute atomic E-state index is 0.291. The number of rotatable bonds is 4. The standard InChI is InChI=1S/C19H19N3O3S/c1-4-25-19(24)12-6-5-7-13(9-12)22-17(23)16-15(20)14-10(2)8-11(3)21-18(14)26-16/h5-9H,4,20H2,1-3H3,(H,22,23). The molecule has 0 unspecified atom stereocenters. The van der Waals surface area contributed by atoms with Gasteiger partial charge in [-0.1, -0.05) is 6.07 Å². The molecule has 3 N–H and O–H groups in total. The van der Waals surface area contributed by atoms with E-state index in [-0.39, 0.29) is 5.91 Å². The summed E-state index contributed by atoms with van der Waals surface area (Å²) in [6.45, 7) is 5.89. The Morgan fingerprint density at radius 2 is 2.04 bits per heavy atom. The molecule has 0 saturated heterocycles. The van der Waals surface area contributed by atoms with E-state index >= 15 is 0 Å². The topological polar surface area (TPSA) is 94.3 Å². The van der Waals surface area contributed by atoms with Gasteiger partial charge in [-0.2, -0.15) is 0 Å². The van der Waals surface area contributed by atoms with Crippen molar-refractivity contribution >= 4 is 44.8 Å². The Morgan fingerprint density at radius 3 is 2.77 bits per heavy atom. The number of thiophene rings is 1. The van der Waals surface area contributed by atoms with E-state index in [1.807, 2.05) is 19.9 Å². The van der Waals surface area contributed by atoms with Crippen LogP contribution in [-0.4, -0.2) is 23.5 Å². The SMILES string of the molecule is CCOC(=O)c1cccc(NC(=O)c2sc3nc(C)cc(C)c3c2N)c1. The van der Waals surface area contributed by atoms with E-state index in [0.29, 0.717) is 28.4 Å². The third kappa shape index (κ3) is 3.39. The number of hydrogen-bond acceptors (Lipinski definition) is 6. The largest absolute Gasteiger partial charge is 0.462 e. The molecule has 0 aliphatic carbocycles. The number of benzene rings is 1. The molecule has 134 valence electrons. The van der Waals surface area contributed by atoms with Crippen LogP contribution in [0.1, 0.15) is 38.2 Å². The summed E-state index contributed by atoms with van der Waals surface area (Å²) in [7, 11) is 0. The van der Waals surface area contributed by atoms with Crippen LogP contribution in [0, 0.1) is 13.8 Å². The number of pyridine rings is 1. The number of amides is 1. The molecular weight excluding hydrogens is 350 g/mol. The van der Waals surface area contributed by atoms with Gasteiger partial charge in [-0.15, -0.1) is 11.3 Å². The predicted molar refractivity (Wildman–Crippen MR) is 104 cm³/mol. The van der Waals surface area contributed by atoms with Crippen molar-refractivity contribution in [1.29, 1.82) is 0 Å². The zero-order valence-electron chi connectivity index (χ0n) is 14.8. The van der Waals surface area contributed by atoms with E-state index < -0.39 is 5.97 Å². The average molecular weight is 369 g/mol.